The number of hydrogen-bond acceptors (Lipinski definition) is 2. The fourth-order valence-electron chi connectivity index (χ4n) is 1.69. The quantitative estimate of drug-likeness (QED) is 0.877. The lowest BCUT2D eigenvalue weighted by atomic mass is 10.1. The van der Waals surface area contributed by atoms with Crippen LogP contribution in [0.3, 0.4) is 0 Å². The van der Waals surface area contributed by atoms with Crippen molar-refractivity contribution in [1.82, 2.24) is 5.32 Å². The molecule has 0 aliphatic heterocycles. The molecule has 0 aliphatic carbocycles. The molecule has 0 bridgehead atoms. The highest BCUT2D eigenvalue weighted by Crippen LogP contribution is 2.24. The monoisotopic (exact) mass is 298 g/mol. The molecule has 1 rings (SSSR count). The Morgan fingerprint density at radius 3 is 2.41 bits per heavy atom. The molecule has 1 amide bonds. The first-order chi connectivity index (χ1) is 8.04. The third-order valence-electron chi connectivity index (χ3n) is 2.50. The summed E-state index contributed by atoms with van der Waals surface area (Å²) in [6.07, 6.45) is 0.960. The highest BCUT2D eigenvalue weighted by Gasteiger charge is 2.06. The highest BCUT2D eigenvalue weighted by atomic mass is 79.9. The Morgan fingerprint density at radius 2 is 1.88 bits per heavy atom. The van der Waals surface area contributed by atoms with Crippen molar-refractivity contribution in [2.75, 3.05) is 18.4 Å². The molecule has 0 spiro atoms. The van der Waals surface area contributed by atoms with Crippen LogP contribution in [-0.4, -0.2) is 19.0 Å². The van der Waals surface area contributed by atoms with E-state index in [-0.39, 0.29) is 5.91 Å². The van der Waals surface area contributed by atoms with Crippen molar-refractivity contribution in [3.63, 3.8) is 0 Å². The molecular weight excluding hydrogens is 280 g/mol. The third-order valence-corrected chi connectivity index (χ3v) is 2.95. The largest absolute Gasteiger partial charge is 0.376 e. The van der Waals surface area contributed by atoms with Gasteiger partial charge in [-0.25, -0.2) is 0 Å². The predicted octanol–water partition coefficient (Wildman–Crippen LogP) is 3.00. The molecule has 0 saturated carbocycles. The number of carbonyl (C=O) groups excluding carboxylic acids is 1. The van der Waals surface area contributed by atoms with Crippen LogP contribution in [0.5, 0.6) is 0 Å². The lowest BCUT2D eigenvalue weighted by molar-refractivity contribution is -0.119. The van der Waals surface area contributed by atoms with Crippen molar-refractivity contribution < 1.29 is 4.79 Å². The Balaban J connectivity index is 2.60. The van der Waals surface area contributed by atoms with E-state index in [0.29, 0.717) is 6.54 Å². The Labute approximate surface area is 111 Å². The van der Waals surface area contributed by atoms with Gasteiger partial charge in [-0.2, -0.15) is 0 Å². The number of carbonyl (C=O) groups is 1. The van der Waals surface area contributed by atoms with Crippen LogP contribution >= 0.6 is 15.9 Å². The first-order valence-electron chi connectivity index (χ1n) is 5.82. The Morgan fingerprint density at radius 1 is 1.29 bits per heavy atom. The molecule has 0 atom stereocenters. The van der Waals surface area contributed by atoms with E-state index in [1.165, 1.54) is 0 Å². The van der Waals surface area contributed by atoms with E-state index in [1.807, 2.05) is 32.9 Å². The van der Waals surface area contributed by atoms with Gasteiger partial charge in [0, 0.05) is 16.7 Å². The number of rotatable bonds is 5. The maximum atomic E-state index is 11.5. The van der Waals surface area contributed by atoms with Gasteiger partial charge in [0.2, 0.25) is 5.91 Å². The molecule has 17 heavy (non-hydrogen) atoms. The van der Waals surface area contributed by atoms with Gasteiger partial charge in [0.15, 0.2) is 0 Å². The van der Waals surface area contributed by atoms with Crippen LogP contribution in [0.1, 0.15) is 24.5 Å². The second kappa shape index (κ2) is 6.64. The first kappa shape index (κ1) is 14.0. The van der Waals surface area contributed by atoms with Gasteiger partial charge in [-0.1, -0.05) is 22.9 Å². The number of amides is 1. The van der Waals surface area contributed by atoms with Gasteiger partial charge in [-0.05, 0) is 43.5 Å². The molecule has 0 aromatic heterocycles. The molecule has 0 heterocycles. The van der Waals surface area contributed by atoms with Crippen LogP contribution < -0.4 is 10.6 Å². The van der Waals surface area contributed by atoms with E-state index >= 15 is 0 Å². The average molecular weight is 299 g/mol. The zero-order chi connectivity index (χ0) is 12.8. The molecule has 94 valence electrons. The summed E-state index contributed by atoms with van der Waals surface area (Å²) in [6, 6.07) is 4.08. The zero-order valence-corrected chi connectivity index (χ0v) is 12.1. The van der Waals surface area contributed by atoms with Crippen LogP contribution in [0.2, 0.25) is 0 Å². The van der Waals surface area contributed by atoms with Gasteiger partial charge in [-0.15, -0.1) is 0 Å². The predicted molar refractivity (Wildman–Crippen MR) is 75.4 cm³/mol. The third kappa shape index (κ3) is 4.38. The second-order valence-electron chi connectivity index (χ2n) is 4.12. The summed E-state index contributed by atoms with van der Waals surface area (Å²) >= 11 is 3.45. The summed E-state index contributed by atoms with van der Waals surface area (Å²) in [5.74, 6) is 0.0357. The van der Waals surface area contributed by atoms with Crippen LogP contribution in [0, 0.1) is 13.8 Å². The fraction of sp³-hybridized carbons (Fsp3) is 0.462. The summed E-state index contributed by atoms with van der Waals surface area (Å²) in [5, 5.41) is 6.03. The zero-order valence-electron chi connectivity index (χ0n) is 10.6. The van der Waals surface area contributed by atoms with Crippen LogP contribution in [0.15, 0.2) is 16.6 Å². The second-order valence-corrected chi connectivity index (χ2v) is 5.03. The number of benzene rings is 1. The van der Waals surface area contributed by atoms with Crippen molar-refractivity contribution >= 4 is 27.5 Å². The number of nitrogens with one attached hydrogen (secondary N) is 2. The summed E-state index contributed by atoms with van der Waals surface area (Å²) in [7, 11) is 0. The van der Waals surface area contributed by atoms with E-state index in [1.54, 1.807) is 0 Å². The standard InChI is InChI=1S/C13H19BrN2O/c1-4-5-15-12(17)8-16-13-9(2)6-11(14)7-10(13)3/h6-7,16H,4-5,8H2,1-3H3,(H,15,17). The number of halogens is 1. The number of aryl methyl sites for hydroxylation is 2. The fourth-order valence-corrected chi connectivity index (χ4v) is 2.37. The van der Waals surface area contributed by atoms with Gasteiger partial charge >= 0.3 is 0 Å². The first-order valence-corrected chi connectivity index (χ1v) is 6.61. The maximum absolute atomic E-state index is 11.5. The Hall–Kier alpha value is -1.03. The molecule has 0 aliphatic rings. The summed E-state index contributed by atoms with van der Waals surface area (Å²) < 4.78 is 1.06. The minimum Gasteiger partial charge on any atom is -0.376 e. The SMILES string of the molecule is CCCNC(=O)CNc1c(C)cc(Br)cc1C. The topological polar surface area (TPSA) is 41.1 Å². The van der Waals surface area contributed by atoms with Gasteiger partial charge in [-0.3, -0.25) is 4.79 Å². The molecule has 0 saturated heterocycles. The minimum absolute atomic E-state index is 0.0357. The maximum Gasteiger partial charge on any atom is 0.239 e. The van der Waals surface area contributed by atoms with Crippen molar-refractivity contribution in [3.8, 4) is 0 Å². The molecule has 4 heteroatoms. The molecule has 2 N–H and O–H groups in total. The summed E-state index contributed by atoms with van der Waals surface area (Å²) in [5.41, 5.74) is 3.32. The Kier molecular flexibility index (Phi) is 5.48. The van der Waals surface area contributed by atoms with Crippen molar-refractivity contribution in [2.45, 2.75) is 27.2 Å². The van der Waals surface area contributed by atoms with Crippen LogP contribution in [0.25, 0.3) is 0 Å². The van der Waals surface area contributed by atoms with Gasteiger partial charge in [0.25, 0.3) is 0 Å². The molecule has 1 aromatic rings. The summed E-state index contributed by atoms with van der Waals surface area (Å²) in [6.45, 7) is 7.16. The number of anilines is 1. The van der Waals surface area contributed by atoms with Gasteiger partial charge in [0.05, 0.1) is 6.54 Å². The lowest BCUT2D eigenvalue weighted by Crippen LogP contribution is -2.30. The van der Waals surface area contributed by atoms with Crippen LogP contribution in [-0.2, 0) is 4.79 Å². The average Bonchev–Trinajstić information content (AvgIpc) is 2.24. The molecule has 0 radical (unpaired) electrons. The molecule has 1 aromatic carbocycles. The smallest absolute Gasteiger partial charge is 0.239 e. The van der Waals surface area contributed by atoms with E-state index < -0.39 is 0 Å². The Bertz CT molecular complexity index is 381. The minimum atomic E-state index is 0.0357. The van der Waals surface area contributed by atoms with E-state index in [0.717, 1.165) is 34.3 Å². The molecular formula is C13H19BrN2O. The lowest BCUT2D eigenvalue weighted by Gasteiger charge is -2.13. The van der Waals surface area contributed by atoms with E-state index in [9.17, 15) is 4.79 Å². The van der Waals surface area contributed by atoms with Crippen LogP contribution in [0.4, 0.5) is 5.69 Å². The van der Waals surface area contributed by atoms with Crippen molar-refractivity contribution in [1.29, 1.82) is 0 Å². The van der Waals surface area contributed by atoms with Crippen molar-refractivity contribution in [3.05, 3.63) is 27.7 Å². The molecule has 3 nitrogen and oxygen atoms in total. The molecule has 0 unspecified atom stereocenters. The highest BCUT2D eigenvalue weighted by molar-refractivity contribution is 9.10. The number of hydrogen-bond donors (Lipinski definition) is 2. The summed E-state index contributed by atoms with van der Waals surface area (Å²) in [4.78, 5) is 11.5. The van der Waals surface area contributed by atoms with E-state index in [4.69, 9.17) is 0 Å². The van der Waals surface area contributed by atoms with Gasteiger partial charge < -0.3 is 10.6 Å². The normalized spacial score (nSPS) is 10.1. The van der Waals surface area contributed by atoms with Crippen molar-refractivity contribution in [2.24, 2.45) is 0 Å². The van der Waals surface area contributed by atoms with E-state index in [2.05, 4.69) is 26.6 Å². The molecule has 0 fully saturated rings. The van der Waals surface area contributed by atoms with Gasteiger partial charge in [0.1, 0.15) is 0 Å².